The average molecular weight is 317 g/mol. The summed E-state index contributed by atoms with van der Waals surface area (Å²) in [6, 6.07) is 1.88. The van der Waals surface area contributed by atoms with Gasteiger partial charge < -0.3 is 9.64 Å². The van der Waals surface area contributed by atoms with E-state index < -0.39 is 0 Å². The molecule has 0 aromatic carbocycles. The van der Waals surface area contributed by atoms with Gasteiger partial charge in [0, 0.05) is 57.7 Å². The van der Waals surface area contributed by atoms with E-state index in [2.05, 4.69) is 17.1 Å². The Hall–Kier alpha value is -2.15. The second kappa shape index (κ2) is 6.54. The molecule has 2 aromatic heterocycles. The Kier molecular flexibility index (Phi) is 4.47. The minimum Gasteiger partial charge on any atom is -0.384 e. The van der Waals surface area contributed by atoms with Crippen LogP contribution in [0.25, 0.3) is 0 Å². The normalized spacial score (nSPS) is 17.3. The Morgan fingerprint density at radius 2 is 2.26 bits per heavy atom. The van der Waals surface area contributed by atoms with Crippen molar-refractivity contribution >= 4 is 5.91 Å². The quantitative estimate of drug-likeness (QED) is 0.823. The summed E-state index contributed by atoms with van der Waals surface area (Å²) in [5, 5.41) is 8.92. The van der Waals surface area contributed by atoms with Crippen molar-refractivity contribution in [2.45, 2.75) is 32.4 Å². The van der Waals surface area contributed by atoms with Gasteiger partial charge in [-0.15, -0.1) is 0 Å². The number of carbonyl (C=O) groups excluding carboxylic acids is 1. The van der Waals surface area contributed by atoms with Crippen LogP contribution in [0.5, 0.6) is 0 Å². The highest BCUT2D eigenvalue weighted by Gasteiger charge is 2.31. The number of ether oxygens (including phenoxy) is 1. The molecule has 3 rings (SSSR count). The fraction of sp³-hybridized carbons (Fsp3) is 0.562. The van der Waals surface area contributed by atoms with Gasteiger partial charge in [0.05, 0.1) is 24.4 Å². The Labute approximate surface area is 135 Å². The van der Waals surface area contributed by atoms with Gasteiger partial charge in [-0.3, -0.25) is 14.2 Å². The van der Waals surface area contributed by atoms with Crippen molar-refractivity contribution in [3.63, 3.8) is 0 Å². The lowest BCUT2D eigenvalue weighted by Crippen LogP contribution is -2.40. The number of hydrogen-bond donors (Lipinski definition) is 0. The van der Waals surface area contributed by atoms with E-state index in [-0.39, 0.29) is 11.8 Å². The van der Waals surface area contributed by atoms with Crippen molar-refractivity contribution in [2.75, 3.05) is 20.3 Å². The largest absolute Gasteiger partial charge is 0.384 e. The first-order valence-corrected chi connectivity index (χ1v) is 7.92. The van der Waals surface area contributed by atoms with Crippen molar-refractivity contribution in [1.82, 2.24) is 24.5 Å². The maximum absolute atomic E-state index is 12.6. The van der Waals surface area contributed by atoms with Crippen LogP contribution >= 0.6 is 0 Å². The number of amides is 1. The van der Waals surface area contributed by atoms with Crippen molar-refractivity contribution in [2.24, 2.45) is 7.05 Å². The molecule has 0 radical (unpaired) electrons. The van der Waals surface area contributed by atoms with Gasteiger partial charge in [-0.25, -0.2) is 0 Å². The van der Waals surface area contributed by atoms with Crippen LogP contribution in [-0.4, -0.2) is 50.6 Å². The summed E-state index contributed by atoms with van der Waals surface area (Å²) < 4.78 is 8.98. The molecule has 1 amide bonds. The first-order chi connectivity index (χ1) is 11.1. The molecule has 2 aromatic rings. The van der Waals surface area contributed by atoms with Crippen LogP contribution in [0.1, 0.15) is 29.8 Å². The molecular formula is C16H23N5O2. The summed E-state index contributed by atoms with van der Waals surface area (Å²) in [5.41, 5.74) is 2.99. The van der Waals surface area contributed by atoms with Gasteiger partial charge >= 0.3 is 0 Å². The Bertz CT molecular complexity index is 690. The van der Waals surface area contributed by atoms with Crippen molar-refractivity contribution in [3.8, 4) is 0 Å². The molecule has 124 valence electrons. The van der Waals surface area contributed by atoms with Gasteiger partial charge in [0.25, 0.3) is 0 Å². The summed E-state index contributed by atoms with van der Waals surface area (Å²) in [6.07, 6.45) is 4.23. The molecule has 1 aliphatic rings. The zero-order valence-corrected chi connectivity index (χ0v) is 13.9. The van der Waals surface area contributed by atoms with Crippen LogP contribution in [0, 0.1) is 0 Å². The molecule has 1 atom stereocenters. The van der Waals surface area contributed by atoms with E-state index in [0.29, 0.717) is 26.1 Å². The molecule has 0 unspecified atom stereocenters. The van der Waals surface area contributed by atoms with Crippen molar-refractivity contribution < 1.29 is 9.53 Å². The minimum absolute atomic E-state index is 0.0969. The summed E-state index contributed by atoms with van der Waals surface area (Å²) >= 11 is 0. The molecule has 0 saturated heterocycles. The molecule has 0 aliphatic carbocycles. The van der Waals surface area contributed by atoms with E-state index >= 15 is 0 Å². The number of methoxy groups -OCH3 is 1. The van der Waals surface area contributed by atoms with Gasteiger partial charge in [-0.05, 0) is 13.0 Å². The van der Waals surface area contributed by atoms with Gasteiger partial charge in [0.1, 0.15) is 0 Å². The van der Waals surface area contributed by atoms with Gasteiger partial charge in [0.2, 0.25) is 5.91 Å². The molecule has 0 fully saturated rings. The molecule has 1 aliphatic heterocycles. The predicted octanol–water partition coefficient (Wildman–Crippen LogP) is 0.951. The zero-order chi connectivity index (χ0) is 16.4. The molecule has 0 saturated carbocycles. The number of hydrogen-bond acceptors (Lipinski definition) is 4. The number of aromatic nitrogens is 4. The molecule has 0 N–H and O–H groups in total. The van der Waals surface area contributed by atoms with Crippen LogP contribution in [0.3, 0.4) is 0 Å². The topological polar surface area (TPSA) is 65.2 Å². The Morgan fingerprint density at radius 3 is 2.91 bits per heavy atom. The van der Waals surface area contributed by atoms with Gasteiger partial charge in [-0.2, -0.15) is 10.2 Å². The summed E-state index contributed by atoms with van der Waals surface area (Å²) in [6.45, 7) is 4.72. The number of aryl methyl sites for hydroxylation is 2. The van der Waals surface area contributed by atoms with E-state index in [9.17, 15) is 4.79 Å². The standard InChI is InChI=1S/C16H23N5O2/c1-4-21-10-12-8-20(9-13(11-23-3)16(12)18-21)15(22)7-14-5-6-19(2)17-14/h5-6,10,13H,4,7-9,11H2,1-3H3/t13-/m1/s1. The number of nitrogens with zero attached hydrogens (tertiary/aromatic N) is 5. The van der Waals surface area contributed by atoms with E-state index in [1.807, 2.05) is 35.1 Å². The molecule has 0 bridgehead atoms. The summed E-state index contributed by atoms with van der Waals surface area (Å²) in [4.78, 5) is 14.5. The number of rotatable bonds is 5. The average Bonchev–Trinajstić information content (AvgIpc) is 3.13. The van der Waals surface area contributed by atoms with Crippen LogP contribution in [-0.2, 0) is 36.1 Å². The van der Waals surface area contributed by atoms with E-state index in [1.54, 1.807) is 11.8 Å². The fourth-order valence-electron chi connectivity index (χ4n) is 3.07. The lowest BCUT2D eigenvalue weighted by Gasteiger charge is -2.31. The van der Waals surface area contributed by atoms with Crippen molar-refractivity contribution in [1.29, 1.82) is 0 Å². The second-order valence-corrected chi connectivity index (χ2v) is 5.98. The first-order valence-electron chi connectivity index (χ1n) is 7.92. The minimum atomic E-state index is 0.0969. The molecule has 7 heteroatoms. The third-order valence-corrected chi connectivity index (χ3v) is 4.20. The number of carbonyl (C=O) groups is 1. The lowest BCUT2D eigenvalue weighted by atomic mass is 9.97. The van der Waals surface area contributed by atoms with Crippen LogP contribution in [0.15, 0.2) is 18.5 Å². The van der Waals surface area contributed by atoms with Crippen LogP contribution in [0.2, 0.25) is 0 Å². The monoisotopic (exact) mass is 317 g/mol. The molecule has 3 heterocycles. The smallest absolute Gasteiger partial charge is 0.228 e. The van der Waals surface area contributed by atoms with Crippen molar-refractivity contribution in [3.05, 3.63) is 35.4 Å². The first kappa shape index (κ1) is 15.7. The van der Waals surface area contributed by atoms with Crippen LogP contribution in [0.4, 0.5) is 0 Å². The van der Waals surface area contributed by atoms with E-state index in [1.165, 1.54) is 0 Å². The summed E-state index contributed by atoms with van der Waals surface area (Å²) in [7, 11) is 3.54. The molecule has 23 heavy (non-hydrogen) atoms. The predicted molar refractivity (Wildman–Crippen MR) is 84.8 cm³/mol. The zero-order valence-electron chi connectivity index (χ0n) is 13.9. The molecular weight excluding hydrogens is 294 g/mol. The highest BCUT2D eigenvalue weighted by Crippen LogP contribution is 2.27. The highest BCUT2D eigenvalue weighted by atomic mass is 16.5. The van der Waals surface area contributed by atoms with Gasteiger partial charge in [-0.1, -0.05) is 0 Å². The Balaban J connectivity index is 1.77. The third-order valence-electron chi connectivity index (χ3n) is 4.20. The Morgan fingerprint density at radius 1 is 1.43 bits per heavy atom. The fourth-order valence-corrected chi connectivity index (χ4v) is 3.07. The SMILES string of the molecule is CCn1cc2c(n1)[C@@H](COC)CN(C(=O)Cc1ccn(C)n1)C2. The van der Waals surface area contributed by atoms with Gasteiger partial charge in [0.15, 0.2) is 0 Å². The van der Waals surface area contributed by atoms with Crippen LogP contribution < -0.4 is 0 Å². The molecule has 0 spiro atoms. The number of fused-ring (bicyclic) bond motifs is 1. The summed E-state index contributed by atoms with van der Waals surface area (Å²) in [5.74, 6) is 0.226. The second-order valence-electron chi connectivity index (χ2n) is 5.98. The maximum atomic E-state index is 12.6. The van der Waals surface area contributed by atoms with E-state index in [0.717, 1.165) is 23.5 Å². The third kappa shape index (κ3) is 3.29. The van der Waals surface area contributed by atoms with E-state index in [4.69, 9.17) is 4.74 Å². The lowest BCUT2D eigenvalue weighted by molar-refractivity contribution is -0.132. The maximum Gasteiger partial charge on any atom is 0.228 e. The molecule has 7 nitrogen and oxygen atoms in total. The highest BCUT2D eigenvalue weighted by molar-refractivity contribution is 5.78.